The normalized spacial score (nSPS) is 14.7. The summed E-state index contributed by atoms with van der Waals surface area (Å²) in [5.41, 5.74) is -0.418. The second kappa shape index (κ2) is 5.90. The standard InChI is InChI=1S/C17H17F3O/c1-2-16(21,12-13-6-4-3-5-7-13)14-8-10-15(11-9-14)17(18,19)20/h3-11,21H,2,12H2,1H3. The Hall–Kier alpha value is -1.81. The molecule has 0 radical (unpaired) electrons. The summed E-state index contributed by atoms with van der Waals surface area (Å²) in [5, 5.41) is 10.8. The molecule has 0 spiro atoms. The van der Waals surface area contributed by atoms with Gasteiger partial charge in [0, 0.05) is 6.42 Å². The van der Waals surface area contributed by atoms with Gasteiger partial charge in [0.05, 0.1) is 11.2 Å². The molecule has 112 valence electrons. The second-order valence-electron chi connectivity index (χ2n) is 5.12. The smallest absolute Gasteiger partial charge is 0.385 e. The monoisotopic (exact) mass is 294 g/mol. The number of halogens is 3. The number of rotatable bonds is 4. The highest BCUT2D eigenvalue weighted by Gasteiger charge is 2.32. The Morgan fingerprint density at radius 1 is 0.857 bits per heavy atom. The molecule has 0 aliphatic carbocycles. The first-order chi connectivity index (χ1) is 9.85. The number of alkyl halides is 3. The fourth-order valence-electron chi connectivity index (χ4n) is 2.33. The predicted molar refractivity (Wildman–Crippen MR) is 75.8 cm³/mol. The molecule has 0 saturated carbocycles. The Morgan fingerprint density at radius 2 is 1.38 bits per heavy atom. The molecule has 21 heavy (non-hydrogen) atoms. The Kier molecular flexibility index (Phi) is 4.37. The summed E-state index contributed by atoms with van der Waals surface area (Å²) in [6.07, 6.45) is -3.56. The zero-order valence-corrected chi connectivity index (χ0v) is 11.7. The minimum atomic E-state index is -4.36. The first-order valence-electron chi connectivity index (χ1n) is 6.79. The van der Waals surface area contributed by atoms with Crippen LogP contribution in [0.15, 0.2) is 54.6 Å². The van der Waals surface area contributed by atoms with Gasteiger partial charge in [-0.15, -0.1) is 0 Å². The molecule has 0 aliphatic rings. The number of benzene rings is 2. The predicted octanol–water partition coefficient (Wildman–Crippen LogP) is 4.55. The van der Waals surface area contributed by atoms with E-state index in [2.05, 4.69) is 0 Å². The summed E-state index contributed by atoms with van der Waals surface area (Å²) < 4.78 is 37.7. The molecule has 0 fully saturated rings. The average molecular weight is 294 g/mol. The third-order valence-electron chi connectivity index (χ3n) is 3.67. The summed E-state index contributed by atoms with van der Waals surface area (Å²) >= 11 is 0. The van der Waals surface area contributed by atoms with Crippen LogP contribution < -0.4 is 0 Å². The molecule has 0 aliphatic heterocycles. The van der Waals surface area contributed by atoms with E-state index < -0.39 is 17.3 Å². The van der Waals surface area contributed by atoms with Crippen molar-refractivity contribution in [2.45, 2.75) is 31.5 Å². The fraction of sp³-hybridized carbons (Fsp3) is 0.294. The van der Waals surface area contributed by atoms with Crippen LogP contribution in [0.1, 0.15) is 30.0 Å². The van der Waals surface area contributed by atoms with E-state index in [1.165, 1.54) is 12.1 Å². The van der Waals surface area contributed by atoms with E-state index in [0.29, 0.717) is 18.4 Å². The summed E-state index contributed by atoms with van der Waals surface area (Å²) in [6.45, 7) is 1.82. The van der Waals surface area contributed by atoms with E-state index in [-0.39, 0.29) is 0 Å². The topological polar surface area (TPSA) is 20.2 Å². The van der Waals surface area contributed by atoms with E-state index in [1.807, 2.05) is 37.3 Å². The highest BCUT2D eigenvalue weighted by atomic mass is 19.4. The van der Waals surface area contributed by atoms with Gasteiger partial charge in [0.1, 0.15) is 0 Å². The average Bonchev–Trinajstić information content (AvgIpc) is 2.47. The molecule has 0 amide bonds. The van der Waals surface area contributed by atoms with Crippen LogP contribution in [0.5, 0.6) is 0 Å². The molecule has 1 N–H and O–H groups in total. The lowest BCUT2D eigenvalue weighted by Gasteiger charge is -2.28. The highest BCUT2D eigenvalue weighted by molar-refractivity contribution is 5.31. The van der Waals surface area contributed by atoms with Gasteiger partial charge in [0.15, 0.2) is 0 Å². The van der Waals surface area contributed by atoms with Crippen LogP contribution in [0.3, 0.4) is 0 Å². The van der Waals surface area contributed by atoms with E-state index >= 15 is 0 Å². The van der Waals surface area contributed by atoms with Crippen molar-refractivity contribution in [2.75, 3.05) is 0 Å². The summed E-state index contributed by atoms with van der Waals surface area (Å²) in [5.74, 6) is 0. The molecule has 0 saturated heterocycles. The van der Waals surface area contributed by atoms with E-state index in [9.17, 15) is 18.3 Å². The SMILES string of the molecule is CCC(O)(Cc1ccccc1)c1ccc(C(F)(F)F)cc1. The van der Waals surface area contributed by atoms with Crippen molar-refractivity contribution in [1.29, 1.82) is 0 Å². The maximum atomic E-state index is 12.6. The lowest BCUT2D eigenvalue weighted by atomic mass is 9.85. The second-order valence-corrected chi connectivity index (χ2v) is 5.12. The Morgan fingerprint density at radius 3 is 1.86 bits per heavy atom. The first-order valence-corrected chi connectivity index (χ1v) is 6.79. The number of aliphatic hydroxyl groups is 1. The van der Waals surface area contributed by atoms with E-state index in [4.69, 9.17) is 0 Å². The molecule has 2 aromatic carbocycles. The molecular weight excluding hydrogens is 277 g/mol. The highest BCUT2D eigenvalue weighted by Crippen LogP contribution is 2.33. The molecule has 0 heterocycles. The Labute approximate surface area is 122 Å². The molecular formula is C17H17F3O. The number of hydrogen-bond acceptors (Lipinski definition) is 1. The quantitative estimate of drug-likeness (QED) is 0.877. The van der Waals surface area contributed by atoms with Crippen molar-refractivity contribution < 1.29 is 18.3 Å². The third-order valence-corrected chi connectivity index (χ3v) is 3.67. The van der Waals surface area contributed by atoms with Crippen molar-refractivity contribution in [3.05, 3.63) is 71.3 Å². The molecule has 0 aromatic heterocycles. The van der Waals surface area contributed by atoms with Crippen molar-refractivity contribution >= 4 is 0 Å². The van der Waals surface area contributed by atoms with Crippen LogP contribution in [-0.4, -0.2) is 5.11 Å². The van der Waals surface area contributed by atoms with E-state index in [0.717, 1.165) is 17.7 Å². The fourth-order valence-corrected chi connectivity index (χ4v) is 2.33. The molecule has 1 atom stereocenters. The lowest BCUT2D eigenvalue weighted by Crippen LogP contribution is -2.27. The Bertz CT molecular complexity index is 575. The Balaban J connectivity index is 2.28. The molecule has 0 bridgehead atoms. The van der Waals surface area contributed by atoms with Crippen LogP contribution in [0.2, 0.25) is 0 Å². The van der Waals surface area contributed by atoms with Gasteiger partial charge in [-0.05, 0) is 29.7 Å². The van der Waals surface area contributed by atoms with Gasteiger partial charge < -0.3 is 5.11 Å². The molecule has 1 unspecified atom stereocenters. The molecule has 4 heteroatoms. The first kappa shape index (κ1) is 15.6. The van der Waals surface area contributed by atoms with Crippen LogP contribution in [0.25, 0.3) is 0 Å². The molecule has 1 nitrogen and oxygen atoms in total. The largest absolute Gasteiger partial charge is 0.416 e. The van der Waals surface area contributed by atoms with Gasteiger partial charge in [0.2, 0.25) is 0 Å². The van der Waals surface area contributed by atoms with Crippen molar-refractivity contribution in [3.63, 3.8) is 0 Å². The van der Waals surface area contributed by atoms with Crippen LogP contribution in [0.4, 0.5) is 13.2 Å². The summed E-state index contributed by atoms with van der Waals surface area (Å²) in [4.78, 5) is 0. The van der Waals surface area contributed by atoms with Gasteiger partial charge in [0.25, 0.3) is 0 Å². The van der Waals surface area contributed by atoms with Crippen molar-refractivity contribution in [2.24, 2.45) is 0 Å². The van der Waals surface area contributed by atoms with Gasteiger partial charge in [-0.2, -0.15) is 13.2 Å². The van der Waals surface area contributed by atoms with Crippen LogP contribution in [-0.2, 0) is 18.2 Å². The summed E-state index contributed by atoms with van der Waals surface area (Å²) in [6, 6.07) is 14.2. The van der Waals surface area contributed by atoms with Gasteiger partial charge >= 0.3 is 6.18 Å². The zero-order chi connectivity index (χ0) is 15.5. The van der Waals surface area contributed by atoms with E-state index in [1.54, 1.807) is 0 Å². The minimum absolute atomic E-state index is 0.371. The number of hydrogen-bond donors (Lipinski definition) is 1. The van der Waals surface area contributed by atoms with Gasteiger partial charge in [-0.1, -0.05) is 49.4 Å². The van der Waals surface area contributed by atoms with Crippen LogP contribution in [0, 0.1) is 0 Å². The lowest BCUT2D eigenvalue weighted by molar-refractivity contribution is -0.137. The van der Waals surface area contributed by atoms with Crippen molar-refractivity contribution in [1.82, 2.24) is 0 Å². The third kappa shape index (κ3) is 3.64. The van der Waals surface area contributed by atoms with Crippen LogP contribution >= 0.6 is 0 Å². The summed E-state index contributed by atoms with van der Waals surface area (Å²) in [7, 11) is 0. The molecule has 2 aromatic rings. The minimum Gasteiger partial charge on any atom is -0.385 e. The van der Waals surface area contributed by atoms with Crippen molar-refractivity contribution in [3.8, 4) is 0 Å². The molecule has 2 rings (SSSR count). The van der Waals surface area contributed by atoms with Gasteiger partial charge in [-0.3, -0.25) is 0 Å². The maximum absolute atomic E-state index is 12.6. The maximum Gasteiger partial charge on any atom is 0.416 e. The zero-order valence-electron chi connectivity index (χ0n) is 11.7. The van der Waals surface area contributed by atoms with Gasteiger partial charge in [-0.25, -0.2) is 0 Å².